The molecule has 158 valence electrons. The molecular formula is C23H27N3O4. The van der Waals surface area contributed by atoms with Crippen molar-refractivity contribution in [3.8, 4) is 0 Å². The number of nitrogens with one attached hydrogen (secondary N) is 1. The van der Waals surface area contributed by atoms with Crippen molar-refractivity contribution in [2.75, 3.05) is 6.54 Å². The van der Waals surface area contributed by atoms with Crippen LogP contribution in [0, 0.1) is 0 Å². The van der Waals surface area contributed by atoms with E-state index in [1.807, 2.05) is 60.7 Å². The Morgan fingerprint density at radius 1 is 1.00 bits per heavy atom. The van der Waals surface area contributed by atoms with Gasteiger partial charge in [-0.25, -0.2) is 4.79 Å². The van der Waals surface area contributed by atoms with Crippen LogP contribution in [0.1, 0.15) is 24.0 Å². The summed E-state index contributed by atoms with van der Waals surface area (Å²) in [5.41, 5.74) is 7.89. The van der Waals surface area contributed by atoms with E-state index in [0.29, 0.717) is 25.8 Å². The van der Waals surface area contributed by atoms with E-state index in [-0.39, 0.29) is 12.3 Å². The first-order valence-electron chi connectivity index (χ1n) is 10.1. The van der Waals surface area contributed by atoms with Gasteiger partial charge in [-0.1, -0.05) is 60.7 Å². The summed E-state index contributed by atoms with van der Waals surface area (Å²) in [4.78, 5) is 38.9. The second-order valence-corrected chi connectivity index (χ2v) is 7.58. The molecule has 3 rings (SSSR count). The zero-order valence-electron chi connectivity index (χ0n) is 16.7. The van der Waals surface area contributed by atoms with E-state index in [0.717, 1.165) is 11.1 Å². The van der Waals surface area contributed by atoms with Crippen LogP contribution < -0.4 is 11.1 Å². The van der Waals surface area contributed by atoms with Gasteiger partial charge in [0, 0.05) is 13.0 Å². The quantitative estimate of drug-likeness (QED) is 0.609. The van der Waals surface area contributed by atoms with Gasteiger partial charge in [-0.2, -0.15) is 0 Å². The first-order valence-corrected chi connectivity index (χ1v) is 10.1. The molecule has 0 unspecified atom stereocenters. The third-order valence-corrected chi connectivity index (χ3v) is 5.35. The Morgan fingerprint density at radius 2 is 1.57 bits per heavy atom. The summed E-state index contributed by atoms with van der Waals surface area (Å²) in [5.74, 6) is -1.84. The summed E-state index contributed by atoms with van der Waals surface area (Å²) in [6.45, 7) is 0.440. The number of carbonyl (C=O) groups excluding carboxylic acids is 2. The lowest BCUT2D eigenvalue weighted by Crippen LogP contribution is -2.54. The first-order chi connectivity index (χ1) is 14.5. The van der Waals surface area contributed by atoms with Crippen LogP contribution in [-0.4, -0.2) is 52.5 Å². The topological polar surface area (TPSA) is 113 Å². The monoisotopic (exact) mass is 409 g/mol. The fourth-order valence-corrected chi connectivity index (χ4v) is 3.79. The molecule has 0 radical (unpaired) electrons. The molecule has 1 aliphatic rings. The minimum absolute atomic E-state index is 0.177. The predicted octanol–water partition coefficient (Wildman–Crippen LogP) is 1.36. The smallest absolute Gasteiger partial charge is 0.326 e. The number of nitrogens with zero attached hydrogens (tertiary/aromatic N) is 1. The van der Waals surface area contributed by atoms with Crippen molar-refractivity contribution in [3.05, 3.63) is 71.8 Å². The molecule has 0 bridgehead atoms. The molecule has 1 aliphatic heterocycles. The van der Waals surface area contributed by atoms with Gasteiger partial charge in [-0.15, -0.1) is 0 Å². The van der Waals surface area contributed by atoms with Crippen LogP contribution in [0.2, 0.25) is 0 Å². The van der Waals surface area contributed by atoms with E-state index in [1.54, 1.807) is 0 Å². The summed E-state index contributed by atoms with van der Waals surface area (Å²) in [6.07, 6.45) is 1.73. The third-order valence-electron chi connectivity index (χ3n) is 5.35. The Hall–Kier alpha value is -3.19. The highest BCUT2D eigenvalue weighted by atomic mass is 16.4. The van der Waals surface area contributed by atoms with Crippen molar-refractivity contribution < 1.29 is 19.5 Å². The molecule has 7 nitrogen and oxygen atoms in total. The molecule has 0 saturated carbocycles. The Bertz CT molecular complexity index is 873. The van der Waals surface area contributed by atoms with Crippen molar-refractivity contribution in [2.45, 2.75) is 43.8 Å². The lowest BCUT2D eigenvalue weighted by molar-refractivity contribution is -0.144. The lowest BCUT2D eigenvalue weighted by atomic mass is 10.0. The van der Waals surface area contributed by atoms with Crippen LogP contribution in [0.4, 0.5) is 0 Å². The van der Waals surface area contributed by atoms with E-state index in [9.17, 15) is 19.5 Å². The molecule has 0 aliphatic carbocycles. The van der Waals surface area contributed by atoms with Crippen molar-refractivity contribution in [1.82, 2.24) is 10.2 Å². The van der Waals surface area contributed by atoms with Gasteiger partial charge in [-0.3, -0.25) is 9.59 Å². The average molecular weight is 409 g/mol. The van der Waals surface area contributed by atoms with Gasteiger partial charge in [0.1, 0.15) is 12.1 Å². The summed E-state index contributed by atoms with van der Waals surface area (Å²) in [7, 11) is 0. The molecule has 1 heterocycles. The average Bonchev–Trinajstić information content (AvgIpc) is 3.24. The Balaban J connectivity index is 1.63. The number of likely N-dealkylation sites (tertiary alicyclic amines) is 1. The second-order valence-electron chi connectivity index (χ2n) is 7.58. The van der Waals surface area contributed by atoms with Crippen LogP contribution in [0.3, 0.4) is 0 Å². The Morgan fingerprint density at radius 3 is 2.13 bits per heavy atom. The molecule has 2 aromatic rings. The SMILES string of the molecule is N[C@@H](Cc1ccccc1)C(=O)N1CCC[C@H]1C(=O)N[C@@H](Cc1ccccc1)C(=O)O. The highest BCUT2D eigenvalue weighted by molar-refractivity contribution is 5.92. The van der Waals surface area contributed by atoms with E-state index < -0.39 is 30.0 Å². The molecule has 0 aromatic heterocycles. The van der Waals surface area contributed by atoms with Crippen molar-refractivity contribution in [3.63, 3.8) is 0 Å². The summed E-state index contributed by atoms with van der Waals surface area (Å²) in [5, 5.41) is 12.1. The normalized spacial score (nSPS) is 17.9. The van der Waals surface area contributed by atoms with Gasteiger partial charge in [0.05, 0.1) is 6.04 Å². The van der Waals surface area contributed by atoms with Crippen molar-refractivity contribution in [1.29, 1.82) is 0 Å². The van der Waals surface area contributed by atoms with Crippen LogP contribution >= 0.6 is 0 Å². The molecule has 2 amide bonds. The van der Waals surface area contributed by atoms with Gasteiger partial charge in [0.2, 0.25) is 11.8 Å². The number of hydrogen-bond acceptors (Lipinski definition) is 4. The van der Waals surface area contributed by atoms with Crippen LogP contribution in [-0.2, 0) is 27.2 Å². The zero-order valence-corrected chi connectivity index (χ0v) is 16.7. The number of carbonyl (C=O) groups is 3. The maximum absolute atomic E-state index is 12.9. The maximum atomic E-state index is 12.9. The van der Waals surface area contributed by atoms with E-state index >= 15 is 0 Å². The molecule has 3 atom stereocenters. The molecule has 1 saturated heterocycles. The van der Waals surface area contributed by atoms with Gasteiger partial charge in [-0.05, 0) is 30.4 Å². The van der Waals surface area contributed by atoms with Crippen LogP contribution in [0.5, 0.6) is 0 Å². The molecule has 2 aromatic carbocycles. The molecule has 4 N–H and O–H groups in total. The summed E-state index contributed by atoms with van der Waals surface area (Å²) >= 11 is 0. The summed E-state index contributed by atoms with van der Waals surface area (Å²) < 4.78 is 0. The number of amides is 2. The minimum Gasteiger partial charge on any atom is -0.480 e. The summed E-state index contributed by atoms with van der Waals surface area (Å²) in [6, 6.07) is 16.1. The van der Waals surface area contributed by atoms with Gasteiger partial charge >= 0.3 is 5.97 Å². The fourth-order valence-electron chi connectivity index (χ4n) is 3.79. The largest absolute Gasteiger partial charge is 0.480 e. The Labute approximate surface area is 175 Å². The van der Waals surface area contributed by atoms with E-state index in [4.69, 9.17) is 5.73 Å². The van der Waals surface area contributed by atoms with Crippen molar-refractivity contribution in [2.24, 2.45) is 5.73 Å². The second kappa shape index (κ2) is 10.0. The number of hydrogen-bond donors (Lipinski definition) is 3. The first kappa shape index (κ1) is 21.5. The molecular weight excluding hydrogens is 382 g/mol. The number of carboxylic acids is 1. The number of carboxylic acid groups (broad SMARTS) is 1. The van der Waals surface area contributed by atoms with E-state index in [2.05, 4.69) is 5.32 Å². The van der Waals surface area contributed by atoms with Crippen LogP contribution in [0.25, 0.3) is 0 Å². The fraction of sp³-hybridized carbons (Fsp3) is 0.348. The van der Waals surface area contributed by atoms with Gasteiger partial charge in [0.25, 0.3) is 0 Å². The number of rotatable bonds is 8. The van der Waals surface area contributed by atoms with Crippen molar-refractivity contribution >= 4 is 17.8 Å². The minimum atomic E-state index is -1.11. The number of nitrogens with two attached hydrogens (primary N) is 1. The molecule has 7 heteroatoms. The molecule has 1 fully saturated rings. The lowest BCUT2D eigenvalue weighted by Gasteiger charge is -2.28. The Kier molecular flexibility index (Phi) is 7.19. The number of aliphatic carboxylic acids is 1. The molecule has 30 heavy (non-hydrogen) atoms. The van der Waals surface area contributed by atoms with E-state index in [1.165, 1.54) is 4.90 Å². The standard InChI is InChI=1S/C23H27N3O4/c24-18(14-16-8-3-1-4-9-16)22(28)26-13-7-12-20(26)21(27)25-19(23(29)30)15-17-10-5-2-6-11-17/h1-6,8-11,18-20H,7,12-15,24H2,(H,25,27)(H,29,30)/t18-,19-,20-/m0/s1. The number of benzene rings is 2. The maximum Gasteiger partial charge on any atom is 0.326 e. The highest BCUT2D eigenvalue weighted by Gasteiger charge is 2.37. The third kappa shape index (κ3) is 5.45. The predicted molar refractivity (Wildman–Crippen MR) is 113 cm³/mol. The highest BCUT2D eigenvalue weighted by Crippen LogP contribution is 2.19. The van der Waals surface area contributed by atoms with Gasteiger partial charge in [0.15, 0.2) is 0 Å². The molecule has 0 spiro atoms. The zero-order chi connectivity index (χ0) is 21.5. The van der Waals surface area contributed by atoms with Gasteiger partial charge < -0.3 is 21.1 Å². The van der Waals surface area contributed by atoms with Crippen LogP contribution in [0.15, 0.2) is 60.7 Å².